The van der Waals surface area contributed by atoms with Crippen LogP contribution in [-0.2, 0) is 6.54 Å². The number of hydrogen-bond acceptors (Lipinski definition) is 4. The minimum absolute atomic E-state index is 0. The van der Waals surface area contributed by atoms with Crippen LogP contribution in [0.2, 0.25) is 0 Å². The third-order valence-electron chi connectivity index (χ3n) is 4.03. The third kappa shape index (κ3) is 4.20. The molecule has 5 nitrogen and oxygen atoms in total. The Kier molecular flexibility index (Phi) is 7.29. The highest BCUT2D eigenvalue weighted by molar-refractivity contribution is 5.85. The Morgan fingerprint density at radius 1 is 1.14 bits per heavy atom. The van der Waals surface area contributed by atoms with Gasteiger partial charge in [-0.05, 0) is 44.1 Å². The van der Waals surface area contributed by atoms with E-state index in [0.717, 1.165) is 43.5 Å². The summed E-state index contributed by atoms with van der Waals surface area (Å²) in [6, 6.07) is 7.56. The van der Waals surface area contributed by atoms with Gasteiger partial charge in [-0.3, -0.25) is 9.78 Å². The molecule has 0 saturated carbocycles. The standard InChI is InChI=1S/C15H20N4O.2ClH/c16-12-5-8-18(9-6-12)10-11-19-14-2-1-7-17-13(14)3-4-15(19)20;;/h1-4,7,12H,5-6,8-11,16H2;2*1H. The molecular formula is C15H22Cl2N4O. The zero-order valence-corrected chi connectivity index (χ0v) is 14.0. The monoisotopic (exact) mass is 344 g/mol. The topological polar surface area (TPSA) is 64.2 Å². The zero-order chi connectivity index (χ0) is 13.9. The second-order valence-electron chi connectivity index (χ2n) is 5.41. The van der Waals surface area contributed by atoms with Gasteiger partial charge in [-0.15, -0.1) is 24.8 Å². The van der Waals surface area contributed by atoms with Gasteiger partial charge in [0, 0.05) is 31.4 Å². The molecule has 0 aromatic carbocycles. The number of halogens is 2. The van der Waals surface area contributed by atoms with Gasteiger partial charge in [0.2, 0.25) is 0 Å². The summed E-state index contributed by atoms with van der Waals surface area (Å²) in [5.74, 6) is 0. The molecule has 1 aliphatic heterocycles. The number of likely N-dealkylation sites (tertiary alicyclic amines) is 1. The van der Waals surface area contributed by atoms with Crippen molar-refractivity contribution in [3.05, 3.63) is 40.8 Å². The van der Waals surface area contributed by atoms with Crippen molar-refractivity contribution < 1.29 is 0 Å². The van der Waals surface area contributed by atoms with Crippen molar-refractivity contribution in [1.29, 1.82) is 0 Å². The third-order valence-corrected chi connectivity index (χ3v) is 4.03. The van der Waals surface area contributed by atoms with Crippen molar-refractivity contribution in [2.24, 2.45) is 5.73 Å². The summed E-state index contributed by atoms with van der Waals surface area (Å²) in [5.41, 5.74) is 7.73. The van der Waals surface area contributed by atoms with Gasteiger partial charge in [-0.1, -0.05) is 0 Å². The Hall–Kier alpha value is -1.14. The van der Waals surface area contributed by atoms with E-state index in [1.165, 1.54) is 0 Å². The largest absolute Gasteiger partial charge is 0.328 e. The van der Waals surface area contributed by atoms with Gasteiger partial charge >= 0.3 is 0 Å². The summed E-state index contributed by atoms with van der Waals surface area (Å²) >= 11 is 0. The van der Waals surface area contributed by atoms with E-state index in [1.807, 2.05) is 16.7 Å². The van der Waals surface area contributed by atoms with Crippen LogP contribution in [0.15, 0.2) is 35.3 Å². The van der Waals surface area contributed by atoms with Gasteiger partial charge in [0.1, 0.15) is 0 Å². The van der Waals surface area contributed by atoms with E-state index in [4.69, 9.17) is 5.73 Å². The number of hydrogen-bond donors (Lipinski definition) is 1. The molecule has 2 aromatic rings. The van der Waals surface area contributed by atoms with Crippen LogP contribution in [0.25, 0.3) is 11.0 Å². The first-order chi connectivity index (χ1) is 9.74. The smallest absolute Gasteiger partial charge is 0.251 e. The van der Waals surface area contributed by atoms with Crippen LogP contribution in [0.3, 0.4) is 0 Å². The number of nitrogens with two attached hydrogens (primary N) is 1. The number of piperidine rings is 1. The lowest BCUT2D eigenvalue weighted by atomic mass is 10.1. The van der Waals surface area contributed by atoms with Crippen LogP contribution >= 0.6 is 24.8 Å². The molecule has 22 heavy (non-hydrogen) atoms. The van der Waals surface area contributed by atoms with Crippen LogP contribution < -0.4 is 11.3 Å². The van der Waals surface area contributed by atoms with Gasteiger partial charge in [-0.2, -0.15) is 0 Å². The number of nitrogens with zero attached hydrogens (tertiary/aromatic N) is 3. The van der Waals surface area contributed by atoms with E-state index < -0.39 is 0 Å². The fourth-order valence-corrected chi connectivity index (χ4v) is 2.77. The predicted molar refractivity (Wildman–Crippen MR) is 94.1 cm³/mol. The lowest BCUT2D eigenvalue weighted by Crippen LogP contribution is -2.41. The number of pyridine rings is 2. The summed E-state index contributed by atoms with van der Waals surface area (Å²) in [5, 5.41) is 0. The lowest BCUT2D eigenvalue weighted by molar-refractivity contribution is 0.206. The quantitative estimate of drug-likeness (QED) is 0.919. The van der Waals surface area contributed by atoms with E-state index in [1.54, 1.807) is 18.3 Å². The molecule has 0 bridgehead atoms. The van der Waals surface area contributed by atoms with E-state index >= 15 is 0 Å². The molecule has 122 valence electrons. The highest BCUT2D eigenvalue weighted by atomic mass is 35.5. The molecule has 0 spiro atoms. The molecule has 0 radical (unpaired) electrons. The van der Waals surface area contributed by atoms with Gasteiger partial charge in [0.05, 0.1) is 11.0 Å². The maximum atomic E-state index is 12.1. The fraction of sp³-hybridized carbons (Fsp3) is 0.467. The van der Waals surface area contributed by atoms with Crippen molar-refractivity contribution in [2.75, 3.05) is 19.6 Å². The molecule has 1 fully saturated rings. The van der Waals surface area contributed by atoms with E-state index in [-0.39, 0.29) is 30.4 Å². The molecular weight excluding hydrogens is 323 g/mol. The summed E-state index contributed by atoms with van der Waals surface area (Å²) in [4.78, 5) is 18.7. The second kappa shape index (κ2) is 8.48. The molecule has 0 amide bonds. The Morgan fingerprint density at radius 3 is 2.59 bits per heavy atom. The van der Waals surface area contributed by atoms with Gasteiger partial charge in [-0.25, -0.2) is 0 Å². The van der Waals surface area contributed by atoms with Crippen LogP contribution in [-0.4, -0.2) is 40.1 Å². The maximum Gasteiger partial charge on any atom is 0.251 e. The Bertz CT molecular complexity index is 653. The van der Waals surface area contributed by atoms with Gasteiger partial charge in [0.15, 0.2) is 0 Å². The normalized spacial score (nSPS) is 16.0. The first-order valence-corrected chi connectivity index (χ1v) is 7.16. The highest BCUT2D eigenvalue weighted by Crippen LogP contribution is 2.10. The van der Waals surface area contributed by atoms with E-state index in [2.05, 4.69) is 9.88 Å². The van der Waals surface area contributed by atoms with Crippen molar-refractivity contribution in [2.45, 2.75) is 25.4 Å². The average molecular weight is 345 g/mol. The fourth-order valence-electron chi connectivity index (χ4n) is 2.77. The van der Waals surface area contributed by atoms with Crippen LogP contribution in [0.1, 0.15) is 12.8 Å². The summed E-state index contributed by atoms with van der Waals surface area (Å²) < 4.78 is 1.82. The lowest BCUT2D eigenvalue weighted by Gasteiger charge is -2.30. The zero-order valence-electron chi connectivity index (χ0n) is 12.4. The van der Waals surface area contributed by atoms with Gasteiger partial charge in [0.25, 0.3) is 5.56 Å². The summed E-state index contributed by atoms with van der Waals surface area (Å²) in [6.07, 6.45) is 3.85. The van der Waals surface area contributed by atoms with Crippen molar-refractivity contribution in [3.8, 4) is 0 Å². The second-order valence-corrected chi connectivity index (χ2v) is 5.41. The van der Waals surface area contributed by atoms with Gasteiger partial charge < -0.3 is 15.2 Å². The molecule has 1 aliphatic rings. The molecule has 0 unspecified atom stereocenters. The first-order valence-electron chi connectivity index (χ1n) is 7.16. The molecule has 0 atom stereocenters. The first kappa shape index (κ1) is 18.9. The molecule has 0 aliphatic carbocycles. The summed E-state index contributed by atoms with van der Waals surface area (Å²) in [7, 11) is 0. The predicted octanol–water partition coefficient (Wildman–Crippen LogP) is 1.66. The van der Waals surface area contributed by atoms with Crippen molar-refractivity contribution in [3.63, 3.8) is 0 Å². The minimum atomic E-state index is 0. The Balaban J connectivity index is 0.00000121. The van der Waals surface area contributed by atoms with Crippen molar-refractivity contribution >= 4 is 35.8 Å². The minimum Gasteiger partial charge on any atom is -0.328 e. The average Bonchev–Trinajstić information content (AvgIpc) is 2.48. The summed E-state index contributed by atoms with van der Waals surface area (Å²) in [6.45, 7) is 3.65. The van der Waals surface area contributed by atoms with Crippen LogP contribution in [0.5, 0.6) is 0 Å². The molecule has 2 N–H and O–H groups in total. The highest BCUT2D eigenvalue weighted by Gasteiger charge is 2.15. The number of rotatable bonds is 3. The van der Waals surface area contributed by atoms with Crippen LogP contribution in [0.4, 0.5) is 0 Å². The van der Waals surface area contributed by atoms with E-state index in [9.17, 15) is 4.79 Å². The Labute approximate surface area is 142 Å². The number of fused-ring (bicyclic) bond motifs is 1. The van der Waals surface area contributed by atoms with Crippen molar-refractivity contribution in [1.82, 2.24) is 14.5 Å². The Morgan fingerprint density at radius 2 is 1.86 bits per heavy atom. The molecule has 7 heteroatoms. The molecule has 3 heterocycles. The van der Waals surface area contributed by atoms with Crippen LogP contribution in [0, 0.1) is 0 Å². The maximum absolute atomic E-state index is 12.1. The van der Waals surface area contributed by atoms with E-state index in [0.29, 0.717) is 12.6 Å². The SMILES string of the molecule is Cl.Cl.NC1CCN(CCn2c(=O)ccc3ncccc32)CC1. The number of aromatic nitrogens is 2. The molecule has 2 aromatic heterocycles. The molecule has 1 saturated heterocycles. The molecule has 3 rings (SSSR count).